The van der Waals surface area contributed by atoms with Crippen molar-refractivity contribution in [1.29, 1.82) is 0 Å². The summed E-state index contributed by atoms with van der Waals surface area (Å²) in [5, 5.41) is 7.81. The number of hydrogen-bond acceptors (Lipinski definition) is 2. The third kappa shape index (κ3) is 4.50. The molecule has 0 spiro atoms. The molecule has 0 amide bonds. The molecule has 17 heavy (non-hydrogen) atoms. The molecule has 3 nitrogen and oxygen atoms in total. The Morgan fingerprint density at radius 3 is 2.82 bits per heavy atom. The average Bonchev–Trinajstić information content (AvgIpc) is 2.76. The van der Waals surface area contributed by atoms with E-state index in [9.17, 15) is 0 Å². The van der Waals surface area contributed by atoms with E-state index in [0.29, 0.717) is 0 Å². The molecule has 1 aromatic heterocycles. The van der Waals surface area contributed by atoms with E-state index in [-0.39, 0.29) is 0 Å². The van der Waals surface area contributed by atoms with Crippen molar-refractivity contribution >= 4 is 0 Å². The van der Waals surface area contributed by atoms with Crippen molar-refractivity contribution in [3.63, 3.8) is 0 Å². The van der Waals surface area contributed by atoms with Crippen LogP contribution in [-0.2, 0) is 6.54 Å². The molecule has 1 saturated carbocycles. The van der Waals surface area contributed by atoms with E-state index in [1.54, 1.807) is 0 Å². The summed E-state index contributed by atoms with van der Waals surface area (Å²) in [5.41, 5.74) is 1.24. The molecule has 3 heteroatoms. The third-order valence-corrected chi connectivity index (χ3v) is 3.73. The first kappa shape index (κ1) is 12.6. The molecule has 2 rings (SSSR count). The van der Waals surface area contributed by atoms with Gasteiger partial charge in [0.05, 0.1) is 12.7 Å². The Labute approximate surface area is 105 Å². The number of nitrogens with one attached hydrogen (secondary N) is 1. The van der Waals surface area contributed by atoms with Gasteiger partial charge in [0.1, 0.15) is 0 Å². The third-order valence-electron chi connectivity index (χ3n) is 3.73. The lowest BCUT2D eigenvalue weighted by molar-refractivity contribution is 0.333. The smallest absolute Gasteiger partial charge is 0.0534 e. The zero-order valence-corrected chi connectivity index (χ0v) is 11.0. The monoisotopic (exact) mass is 235 g/mol. The second-order valence-corrected chi connectivity index (χ2v) is 5.32. The van der Waals surface area contributed by atoms with Crippen molar-refractivity contribution in [3.8, 4) is 0 Å². The van der Waals surface area contributed by atoms with Gasteiger partial charge >= 0.3 is 0 Å². The van der Waals surface area contributed by atoms with Crippen LogP contribution >= 0.6 is 0 Å². The van der Waals surface area contributed by atoms with Crippen LogP contribution in [-0.4, -0.2) is 22.9 Å². The maximum absolute atomic E-state index is 4.28. The molecule has 1 fully saturated rings. The lowest BCUT2D eigenvalue weighted by Gasteiger charge is -2.21. The normalized spacial score (nSPS) is 17.5. The van der Waals surface area contributed by atoms with Gasteiger partial charge in [-0.3, -0.25) is 4.68 Å². The van der Waals surface area contributed by atoms with Gasteiger partial charge in [-0.1, -0.05) is 32.1 Å². The maximum atomic E-state index is 4.28. The Morgan fingerprint density at radius 1 is 1.29 bits per heavy atom. The van der Waals surface area contributed by atoms with E-state index in [1.807, 2.05) is 10.9 Å². The summed E-state index contributed by atoms with van der Waals surface area (Å²) < 4.78 is 2.02. The largest absolute Gasteiger partial charge is 0.315 e. The molecule has 0 saturated heterocycles. The summed E-state index contributed by atoms with van der Waals surface area (Å²) >= 11 is 0. The van der Waals surface area contributed by atoms with Crippen LogP contribution in [0.4, 0.5) is 0 Å². The van der Waals surface area contributed by atoms with Crippen molar-refractivity contribution in [1.82, 2.24) is 15.1 Å². The fourth-order valence-electron chi connectivity index (χ4n) is 2.69. The first-order valence-electron chi connectivity index (χ1n) is 7.04. The molecule has 1 aromatic rings. The lowest BCUT2D eigenvalue weighted by Crippen LogP contribution is -2.23. The van der Waals surface area contributed by atoms with Crippen molar-refractivity contribution in [2.24, 2.45) is 5.92 Å². The van der Waals surface area contributed by atoms with Crippen molar-refractivity contribution in [2.45, 2.75) is 52.0 Å². The number of hydrogen-bond donors (Lipinski definition) is 1. The highest BCUT2D eigenvalue weighted by Crippen LogP contribution is 2.25. The van der Waals surface area contributed by atoms with Gasteiger partial charge in [-0.15, -0.1) is 0 Å². The van der Waals surface area contributed by atoms with Crippen molar-refractivity contribution in [3.05, 3.63) is 18.0 Å². The van der Waals surface area contributed by atoms with Crippen LogP contribution in [0.5, 0.6) is 0 Å². The highest BCUT2D eigenvalue weighted by molar-refractivity contribution is 4.99. The SMILES string of the molecule is Cc1cnn(CCNCCC2CCCCC2)c1. The van der Waals surface area contributed by atoms with Crippen molar-refractivity contribution in [2.75, 3.05) is 13.1 Å². The zero-order valence-electron chi connectivity index (χ0n) is 11.0. The van der Waals surface area contributed by atoms with Gasteiger partial charge < -0.3 is 5.32 Å². The molecule has 0 atom stereocenters. The molecule has 1 aliphatic carbocycles. The molecule has 0 unspecified atom stereocenters. The molecule has 1 heterocycles. The Morgan fingerprint density at radius 2 is 2.12 bits per heavy atom. The first-order valence-corrected chi connectivity index (χ1v) is 7.04. The average molecular weight is 235 g/mol. The molecule has 0 radical (unpaired) electrons. The summed E-state index contributed by atoms with van der Waals surface area (Å²) in [6.07, 6.45) is 12.7. The first-order chi connectivity index (χ1) is 8.34. The quantitative estimate of drug-likeness (QED) is 0.768. The summed E-state index contributed by atoms with van der Waals surface area (Å²) in [5.74, 6) is 0.989. The van der Waals surface area contributed by atoms with Gasteiger partial charge in [0, 0.05) is 12.7 Å². The summed E-state index contributed by atoms with van der Waals surface area (Å²) in [7, 11) is 0. The van der Waals surface area contributed by atoms with E-state index in [2.05, 4.69) is 23.5 Å². The number of nitrogens with zero attached hydrogens (tertiary/aromatic N) is 2. The second-order valence-electron chi connectivity index (χ2n) is 5.32. The molecular formula is C14H25N3. The summed E-state index contributed by atoms with van der Waals surface area (Å²) in [6, 6.07) is 0. The van der Waals surface area contributed by atoms with Crippen LogP contribution in [0.2, 0.25) is 0 Å². The Kier molecular flexibility index (Phi) is 5.05. The predicted molar refractivity (Wildman–Crippen MR) is 71.0 cm³/mol. The highest BCUT2D eigenvalue weighted by atomic mass is 15.3. The van der Waals surface area contributed by atoms with Crippen molar-refractivity contribution < 1.29 is 0 Å². The number of aromatic nitrogens is 2. The minimum absolute atomic E-state index is 0.985. The zero-order chi connectivity index (χ0) is 11.9. The number of aryl methyl sites for hydroxylation is 1. The van der Waals surface area contributed by atoms with E-state index < -0.39 is 0 Å². The van der Waals surface area contributed by atoms with Gasteiger partial charge in [-0.25, -0.2) is 0 Å². The minimum atomic E-state index is 0.985. The molecular weight excluding hydrogens is 210 g/mol. The summed E-state index contributed by atoms with van der Waals surface area (Å²) in [4.78, 5) is 0. The second kappa shape index (κ2) is 6.80. The predicted octanol–water partition coefficient (Wildman–Crippen LogP) is 2.75. The molecule has 0 bridgehead atoms. The van der Waals surface area contributed by atoms with Crippen LogP contribution in [0.25, 0.3) is 0 Å². The molecule has 0 aliphatic heterocycles. The molecule has 1 N–H and O–H groups in total. The summed E-state index contributed by atoms with van der Waals surface area (Å²) in [6.45, 7) is 5.28. The molecule has 1 aliphatic rings. The van der Waals surface area contributed by atoms with Crippen LogP contribution in [0.15, 0.2) is 12.4 Å². The molecule has 96 valence electrons. The lowest BCUT2D eigenvalue weighted by atomic mass is 9.87. The Hall–Kier alpha value is -0.830. The van der Waals surface area contributed by atoms with E-state index in [0.717, 1.165) is 19.0 Å². The van der Waals surface area contributed by atoms with E-state index in [1.165, 1.54) is 50.6 Å². The topological polar surface area (TPSA) is 29.9 Å². The minimum Gasteiger partial charge on any atom is -0.315 e. The van der Waals surface area contributed by atoms with Gasteiger partial charge in [0.25, 0.3) is 0 Å². The Balaban J connectivity index is 1.51. The van der Waals surface area contributed by atoms with Gasteiger partial charge in [0.2, 0.25) is 0 Å². The van der Waals surface area contributed by atoms with Crippen LogP contribution in [0.3, 0.4) is 0 Å². The van der Waals surface area contributed by atoms with Gasteiger partial charge in [-0.05, 0) is 31.4 Å². The Bertz CT molecular complexity index is 313. The van der Waals surface area contributed by atoms with Crippen LogP contribution in [0.1, 0.15) is 44.1 Å². The number of rotatable bonds is 6. The maximum Gasteiger partial charge on any atom is 0.0534 e. The van der Waals surface area contributed by atoms with E-state index >= 15 is 0 Å². The van der Waals surface area contributed by atoms with Crippen LogP contribution < -0.4 is 5.32 Å². The molecule has 0 aromatic carbocycles. The van der Waals surface area contributed by atoms with Gasteiger partial charge in [0.15, 0.2) is 0 Å². The highest BCUT2D eigenvalue weighted by Gasteiger charge is 2.12. The van der Waals surface area contributed by atoms with Gasteiger partial charge in [-0.2, -0.15) is 5.10 Å². The fourth-order valence-corrected chi connectivity index (χ4v) is 2.69. The van der Waals surface area contributed by atoms with E-state index in [4.69, 9.17) is 0 Å². The van der Waals surface area contributed by atoms with Crippen LogP contribution in [0, 0.1) is 12.8 Å². The standard InChI is InChI=1S/C14H25N3/c1-13-11-16-17(12-13)10-9-15-8-7-14-5-3-2-4-6-14/h11-12,14-15H,2-10H2,1H3. The fraction of sp³-hybridized carbons (Fsp3) is 0.786.